The molecule has 112 valence electrons. The Morgan fingerprint density at radius 3 is 2.43 bits per heavy atom. The van der Waals surface area contributed by atoms with E-state index in [2.05, 4.69) is 53.8 Å². The highest BCUT2D eigenvalue weighted by Crippen LogP contribution is 2.28. The summed E-state index contributed by atoms with van der Waals surface area (Å²) < 4.78 is 5.76. The number of hydrogen-bond acceptors (Lipinski definition) is 2. The summed E-state index contributed by atoms with van der Waals surface area (Å²) in [6, 6.07) is 19.2. The Balaban J connectivity index is 2.19. The summed E-state index contributed by atoms with van der Waals surface area (Å²) in [5, 5.41) is 3.26. The van der Waals surface area contributed by atoms with Crippen molar-refractivity contribution < 1.29 is 4.74 Å². The van der Waals surface area contributed by atoms with Crippen LogP contribution >= 0.6 is 0 Å². The lowest BCUT2D eigenvalue weighted by molar-refractivity contribution is 0.335. The number of nitrogens with one attached hydrogen (secondary N) is 1. The molecule has 0 aromatic heterocycles. The summed E-state index contributed by atoms with van der Waals surface area (Å²) in [5.74, 6) is 1.53. The first kappa shape index (κ1) is 15.6. The van der Waals surface area contributed by atoms with E-state index in [1.807, 2.05) is 20.0 Å². The van der Waals surface area contributed by atoms with Gasteiger partial charge < -0.3 is 10.1 Å². The molecule has 2 aromatic rings. The first-order valence-corrected chi connectivity index (χ1v) is 7.75. The monoisotopic (exact) mass is 283 g/mol. The minimum Gasteiger partial charge on any atom is -0.494 e. The lowest BCUT2D eigenvalue weighted by Crippen LogP contribution is -2.14. The fraction of sp³-hybridized carbons (Fsp3) is 0.368. The van der Waals surface area contributed by atoms with Crippen LogP contribution in [0.2, 0.25) is 0 Å². The van der Waals surface area contributed by atoms with Crippen LogP contribution in [0.5, 0.6) is 5.75 Å². The van der Waals surface area contributed by atoms with Crippen LogP contribution in [-0.2, 0) is 6.42 Å². The molecule has 1 N–H and O–H groups in total. The van der Waals surface area contributed by atoms with Crippen LogP contribution in [0.25, 0.3) is 0 Å². The van der Waals surface area contributed by atoms with Gasteiger partial charge in [-0.1, -0.05) is 48.5 Å². The van der Waals surface area contributed by atoms with E-state index in [1.165, 1.54) is 11.1 Å². The predicted octanol–water partition coefficient (Wildman–Crippen LogP) is 4.02. The quantitative estimate of drug-likeness (QED) is 0.790. The Kier molecular flexibility index (Phi) is 6.29. The van der Waals surface area contributed by atoms with Crippen molar-refractivity contribution in [3.05, 3.63) is 65.7 Å². The van der Waals surface area contributed by atoms with Gasteiger partial charge in [-0.15, -0.1) is 0 Å². The van der Waals surface area contributed by atoms with Crippen molar-refractivity contribution in [1.29, 1.82) is 0 Å². The molecule has 2 aromatic carbocycles. The number of rotatable bonds is 8. The van der Waals surface area contributed by atoms with Gasteiger partial charge in [0.2, 0.25) is 0 Å². The van der Waals surface area contributed by atoms with E-state index in [0.29, 0.717) is 12.5 Å². The minimum absolute atomic E-state index is 0.514. The smallest absolute Gasteiger partial charge is 0.122 e. The topological polar surface area (TPSA) is 21.3 Å². The lowest BCUT2D eigenvalue weighted by Gasteiger charge is -2.19. The molecule has 0 fully saturated rings. The summed E-state index contributed by atoms with van der Waals surface area (Å²) in [6.07, 6.45) is 2.14. The van der Waals surface area contributed by atoms with Crippen molar-refractivity contribution in [3.8, 4) is 5.75 Å². The van der Waals surface area contributed by atoms with E-state index in [-0.39, 0.29) is 0 Å². The molecule has 0 aliphatic rings. The third-order valence-electron chi connectivity index (χ3n) is 3.75. The van der Waals surface area contributed by atoms with Crippen molar-refractivity contribution >= 4 is 0 Å². The molecule has 0 aliphatic carbocycles. The van der Waals surface area contributed by atoms with Crippen LogP contribution < -0.4 is 10.1 Å². The van der Waals surface area contributed by atoms with Crippen molar-refractivity contribution in [2.24, 2.45) is 0 Å². The summed E-state index contributed by atoms with van der Waals surface area (Å²) in [7, 11) is 2.01. The van der Waals surface area contributed by atoms with E-state index in [9.17, 15) is 0 Å². The van der Waals surface area contributed by atoms with Crippen LogP contribution in [0, 0.1) is 0 Å². The molecule has 1 atom stereocenters. The fourth-order valence-electron chi connectivity index (χ4n) is 2.66. The van der Waals surface area contributed by atoms with Gasteiger partial charge >= 0.3 is 0 Å². The zero-order chi connectivity index (χ0) is 14.9. The van der Waals surface area contributed by atoms with Gasteiger partial charge in [-0.2, -0.15) is 0 Å². The molecule has 0 saturated heterocycles. The maximum absolute atomic E-state index is 5.76. The molecule has 2 heteroatoms. The average molecular weight is 283 g/mol. The van der Waals surface area contributed by atoms with Gasteiger partial charge in [0.15, 0.2) is 0 Å². The summed E-state index contributed by atoms with van der Waals surface area (Å²) in [5.41, 5.74) is 2.70. The fourth-order valence-corrected chi connectivity index (χ4v) is 2.66. The van der Waals surface area contributed by atoms with E-state index in [1.54, 1.807) is 0 Å². The Labute approximate surface area is 128 Å². The normalized spacial score (nSPS) is 12.1. The zero-order valence-electron chi connectivity index (χ0n) is 13.0. The van der Waals surface area contributed by atoms with Crippen LogP contribution in [0.15, 0.2) is 54.6 Å². The van der Waals surface area contributed by atoms with Crippen molar-refractivity contribution in [3.63, 3.8) is 0 Å². The highest BCUT2D eigenvalue weighted by atomic mass is 16.5. The van der Waals surface area contributed by atoms with Crippen molar-refractivity contribution in [2.75, 3.05) is 20.2 Å². The van der Waals surface area contributed by atoms with Gasteiger partial charge in [-0.25, -0.2) is 0 Å². The maximum atomic E-state index is 5.76. The maximum Gasteiger partial charge on any atom is 0.122 e. The largest absolute Gasteiger partial charge is 0.494 e. The molecule has 21 heavy (non-hydrogen) atoms. The van der Waals surface area contributed by atoms with Crippen molar-refractivity contribution in [2.45, 2.75) is 25.7 Å². The number of para-hydroxylation sites is 1. The molecular formula is C19H25NO. The summed E-state index contributed by atoms with van der Waals surface area (Å²) in [4.78, 5) is 0. The summed E-state index contributed by atoms with van der Waals surface area (Å²) in [6.45, 7) is 3.77. The average Bonchev–Trinajstić information content (AvgIpc) is 2.54. The summed E-state index contributed by atoms with van der Waals surface area (Å²) >= 11 is 0. The number of ether oxygens (including phenoxy) is 1. The Morgan fingerprint density at radius 2 is 1.71 bits per heavy atom. The van der Waals surface area contributed by atoms with Crippen LogP contribution in [-0.4, -0.2) is 20.2 Å². The van der Waals surface area contributed by atoms with Crippen molar-refractivity contribution in [1.82, 2.24) is 5.32 Å². The molecule has 0 radical (unpaired) electrons. The van der Waals surface area contributed by atoms with Gasteiger partial charge in [0.25, 0.3) is 0 Å². The molecule has 0 heterocycles. The Hall–Kier alpha value is -1.80. The molecule has 1 unspecified atom stereocenters. The SMILES string of the molecule is CCOc1ccccc1CC(CCNC)c1ccccc1. The molecule has 2 nitrogen and oxygen atoms in total. The van der Waals surface area contributed by atoms with Crippen LogP contribution in [0.4, 0.5) is 0 Å². The molecular weight excluding hydrogens is 258 g/mol. The van der Waals surface area contributed by atoms with Gasteiger partial charge in [0.1, 0.15) is 5.75 Å². The molecule has 0 bridgehead atoms. The standard InChI is InChI=1S/C19H25NO/c1-3-21-19-12-8-7-11-18(19)15-17(13-14-20-2)16-9-5-4-6-10-16/h4-12,17,20H,3,13-15H2,1-2H3. The third-order valence-corrected chi connectivity index (χ3v) is 3.75. The Bertz CT molecular complexity index is 524. The van der Waals surface area contributed by atoms with Gasteiger partial charge in [-0.05, 0) is 56.5 Å². The highest BCUT2D eigenvalue weighted by molar-refractivity contribution is 5.35. The first-order valence-electron chi connectivity index (χ1n) is 7.75. The number of hydrogen-bond donors (Lipinski definition) is 1. The van der Waals surface area contributed by atoms with Crippen LogP contribution in [0.3, 0.4) is 0 Å². The lowest BCUT2D eigenvalue weighted by atomic mass is 9.89. The molecule has 0 spiro atoms. The molecule has 0 amide bonds. The van der Waals surface area contributed by atoms with Gasteiger partial charge in [0, 0.05) is 0 Å². The molecule has 0 saturated carbocycles. The van der Waals surface area contributed by atoms with E-state index >= 15 is 0 Å². The van der Waals surface area contributed by atoms with E-state index in [4.69, 9.17) is 4.74 Å². The second-order valence-corrected chi connectivity index (χ2v) is 5.24. The molecule has 0 aliphatic heterocycles. The van der Waals surface area contributed by atoms with Crippen LogP contribution in [0.1, 0.15) is 30.4 Å². The Morgan fingerprint density at radius 1 is 1.00 bits per heavy atom. The predicted molar refractivity (Wildman–Crippen MR) is 89.0 cm³/mol. The van der Waals surface area contributed by atoms with E-state index < -0.39 is 0 Å². The van der Waals surface area contributed by atoms with Gasteiger partial charge in [-0.3, -0.25) is 0 Å². The van der Waals surface area contributed by atoms with Gasteiger partial charge in [0.05, 0.1) is 6.61 Å². The van der Waals surface area contributed by atoms with E-state index in [0.717, 1.165) is 25.1 Å². The molecule has 2 rings (SSSR count). The minimum atomic E-state index is 0.514. The first-order chi connectivity index (χ1) is 10.3. The third kappa shape index (κ3) is 4.61. The zero-order valence-corrected chi connectivity index (χ0v) is 13.0. The second kappa shape index (κ2) is 8.48. The number of benzene rings is 2. The highest BCUT2D eigenvalue weighted by Gasteiger charge is 2.14. The second-order valence-electron chi connectivity index (χ2n) is 5.24.